The van der Waals surface area contributed by atoms with Gasteiger partial charge in [-0.25, -0.2) is 4.98 Å². The van der Waals surface area contributed by atoms with Gasteiger partial charge in [0.1, 0.15) is 11.8 Å². The highest BCUT2D eigenvalue weighted by molar-refractivity contribution is 6.29. The Morgan fingerprint density at radius 2 is 2.11 bits per heavy atom. The zero-order chi connectivity index (χ0) is 13.7. The Kier molecular flexibility index (Phi) is 4.22. The van der Waals surface area contributed by atoms with Crippen molar-refractivity contribution in [1.29, 1.82) is 5.26 Å². The number of benzene rings is 1. The van der Waals surface area contributed by atoms with Crippen LogP contribution in [-0.2, 0) is 6.61 Å². The van der Waals surface area contributed by atoms with Gasteiger partial charge in [0.25, 0.3) is 0 Å². The lowest BCUT2D eigenvalue weighted by Gasteiger charge is -2.10. The third-order valence-electron chi connectivity index (χ3n) is 2.44. The monoisotopic (exact) mass is 274 g/mol. The molecule has 1 heterocycles. The maximum Gasteiger partial charge on any atom is 0.162 e. The van der Waals surface area contributed by atoms with Crippen LogP contribution in [0.2, 0.25) is 5.15 Å². The SMILES string of the molecule is COc1cc(C#N)ccc1OCc1cccc(Cl)n1. The smallest absolute Gasteiger partial charge is 0.162 e. The first-order valence-electron chi connectivity index (χ1n) is 5.55. The number of aromatic nitrogens is 1. The number of rotatable bonds is 4. The Bertz CT molecular complexity index is 623. The fourth-order valence-electron chi connectivity index (χ4n) is 1.54. The van der Waals surface area contributed by atoms with E-state index in [0.717, 1.165) is 5.69 Å². The van der Waals surface area contributed by atoms with Gasteiger partial charge in [-0.15, -0.1) is 0 Å². The average Bonchev–Trinajstić information content (AvgIpc) is 2.45. The summed E-state index contributed by atoms with van der Waals surface area (Å²) in [5.41, 5.74) is 1.24. The summed E-state index contributed by atoms with van der Waals surface area (Å²) in [4.78, 5) is 4.12. The van der Waals surface area contributed by atoms with E-state index in [1.165, 1.54) is 7.11 Å². The standard InChI is InChI=1S/C14H11ClN2O2/c1-18-13-7-10(8-16)5-6-12(13)19-9-11-3-2-4-14(15)17-11/h2-7H,9H2,1H3. The fourth-order valence-corrected chi connectivity index (χ4v) is 1.72. The zero-order valence-corrected chi connectivity index (χ0v) is 11.0. The van der Waals surface area contributed by atoms with Gasteiger partial charge in [0.2, 0.25) is 0 Å². The number of hydrogen-bond donors (Lipinski definition) is 0. The molecule has 0 saturated carbocycles. The average molecular weight is 275 g/mol. The minimum absolute atomic E-state index is 0.281. The molecule has 0 aliphatic heterocycles. The minimum atomic E-state index is 0.281. The predicted molar refractivity (Wildman–Crippen MR) is 71.3 cm³/mol. The van der Waals surface area contributed by atoms with Gasteiger partial charge in [0.05, 0.1) is 24.4 Å². The molecule has 4 nitrogen and oxygen atoms in total. The van der Waals surface area contributed by atoms with Crippen molar-refractivity contribution in [1.82, 2.24) is 4.98 Å². The lowest BCUT2D eigenvalue weighted by molar-refractivity contribution is 0.280. The molecule has 0 radical (unpaired) electrons. The van der Waals surface area contributed by atoms with Gasteiger partial charge in [-0.2, -0.15) is 5.26 Å². The Morgan fingerprint density at radius 3 is 2.79 bits per heavy atom. The molecule has 0 fully saturated rings. The number of pyridine rings is 1. The highest BCUT2D eigenvalue weighted by atomic mass is 35.5. The Hall–Kier alpha value is -2.25. The van der Waals surface area contributed by atoms with Crippen molar-refractivity contribution in [3.8, 4) is 17.6 Å². The lowest BCUT2D eigenvalue weighted by Crippen LogP contribution is -2.00. The Labute approximate surface area is 116 Å². The molecule has 0 aliphatic rings. The zero-order valence-electron chi connectivity index (χ0n) is 10.3. The summed E-state index contributed by atoms with van der Waals surface area (Å²) in [5, 5.41) is 9.24. The molecule has 2 aromatic rings. The molecule has 96 valence electrons. The summed E-state index contributed by atoms with van der Waals surface area (Å²) < 4.78 is 10.8. The van der Waals surface area contributed by atoms with Crippen LogP contribution in [0.1, 0.15) is 11.3 Å². The van der Waals surface area contributed by atoms with E-state index in [2.05, 4.69) is 4.98 Å². The van der Waals surface area contributed by atoms with Crippen molar-refractivity contribution in [2.45, 2.75) is 6.61 Å². The number of nitrogens with zero attached hydrogens (tertiary/aromatic N) is 2. The van der Waals surface area contributed by atoms with Gasteiger partial charge in [-0.3, -0.25) is 0 Å². The number of halogens is 1. The largest absolute Gasteiger partial charge is 0.493 e. The molecule has 0 atom stereocenters. The van der Waals surface area contributed by atoms with E-state index in [1.807, 2.05) is 18.2 Å². The summed E-state index contributed by atoms with van der Waals surface area (Å²) >= 11 is 5.80. The van der Waals surface area contributed by atoms with Crippen LogP contribution < -0.4 is 9.47 Å². The summed E-state index contributed by atoms with van der Waals surface area (Å²) in [5.74, 6) is 1.07. The molecule has 5 heteroatoms. The van der Waals surface area contributed by atoms with Crippen molar-refractivity contribution < 1.29 is 9.47 Å². The van der Waals surface area contributed by atoms with Crippen LogP contribution in [0.4, 0.5) is 0 Å². The summed E-state index contributed by atoms with van der Waals surface area (Å²) in [6.45, 7) is 0.281. The molecule has 2 rings (SSSR count). The second-order valence-corrected chi connectivity index (χ2v) is 4.11. The van der Waals surface area contributed by atoms with Gasteiger partial charge in [-0.1, -0.05) is 17.7 Å². The van der Waals surface area contributed by atoms with E-state index >= 15 is 0 Å². The van der Waals surface area contributed by atoms with Crippen LogP contribution in [-0.4, -0.2) is 12.1 Å². The molecule has 0 unspecified atom stereocenters. The fraction of sp³-hybridized carbons (Fsp3) is 0.143. The summed E-state index contributed by atoms with van der Waals surface area (Å²) in [6.07, 6.45) is 0. The van der Waals surface area contributed by atoms with Crippen molar-refractivity contribution >= 4 is 11.6 Å². The predicted octanol–water partition coefficient (Wildman–Crippen LogP) is 3.19. The van der Waals surface area contributed by atoms with E-state index in [0.29, 0.717) is 22.2 Å². The van der Waals surface area contributed by atoms with Gasteiger partial charge in [0, 0.05) is 6.07 Å². The second kappa shape index (κ2) is 6.07. The van der Waals surface area contributed by atoms with Crippen molar-refractivity contribution in [2.24, 2.45) is 0 Å². The summed E-state index contributed by atoms with van der Waals surface area (Å²) in [6, 6.07) is 12.4. The summed E-state index contributed by atoms with van der Waals surface area (Å²) in [7, 11) is 1.53. The highest BCUT2D eigenvalue weighted by Gasteiger charge is 2.06. The number of nitriles is 1. The van der Waals surface area contributed by atoms with Crippen LogP contribution in [0.15, 0.2) is 36.4 Å². The molecular formula is C14H11ClN2O2. The first-order valence-corrected chi connectivity index (χ1v) is 5.93. The van der Waals surface area contributed by atoms with E-state index in [1.54, 1.807) is 24.3 Å². The molecule has 0 amide bonds. The Morgan fingerprint density at radius 1 is 1.26 bits per heavy atom. The van der Waals surface area contributed by atoms with Crippen LogP contribution in [0.3, 0.4) is 0 Å². The van der Waals surface area contributed by atoms with Gasteiger partial charge < -0.3 is 9.47 Å². The third-order valence-corrected chi connectivity index (χ3v) is 2.65. The molecular weight excluding hydrogens is 264 g/mol. The van der Waals surface area contributed by atoms with Gasteiger partial charge >= 0.3 is 0 Å². The minimum Gasteiger partial charge on any atom is -0.493 e. The van der Waals surface area contributed by atoms with Crippen molar-refractivity contribution in [3.63, 3.8) is 0 Å². The van der Waals surface area contributed by atoms with Gasteiger partial charge in [0.15, 0.2) is 11.5 Å². The van der Waals surface area contributed by atoms with Crippen LogP contribution in [0.25, 0.3) is 0 Å². The molecule has 19 heavy (non-hydrogen) atoms. The van der Waals surface area contributed by atoms with Crippen molar-refractivity contribution in [2.75, 3.05) is 7.11 Å². The number of ether oxygens (including phenoxy) is 2. The maximum absolute atomic E-state index is 8.82. The van der Waals surface area contributed by atoms with Crippen LogP contribution in [0.5, 0.6) is 11.5 Å². The van der Waals surface area contributed by atoms with Crippen LogP contribution >= 0.6 is 11.6 Å². The Balaban J connectivity index is 2.13. The molecule has 0 saturated heterocycles. The maximum atomic E-state index is 8.82. The van der Waals surface area contributed by atoms with Crippen molar-refractivity contribution in [3.05, 3.63) is 52.8 Å². The van der Waals surface area contributed by atoms with Crippen LogP contribution in [0, 0.1) is 11.3 Å². The number of hydrogen-bond acceptors (Lipinski definition) is 4. The quantitative estimate of drug-likeness (QED) is 0.804. The first kappa shape index (κ1) is 13.2. The molecule has 0 bridgehead atoms. The molecule has 1 aromatic heterocycles. The van der Waals surface area contributed by atoms with E-state index in [9.17, 15) is 0 Å². The van der Waals surface area contributed by atoms with E-state index in [4.69, 9.17) is 26.3 Å². The molecule has 0 spiro atoms. The first-order chi connectivity index (χ1) is 9.22. The second-order valence-electron chi connectivity index (χ2n) is 3.72. The number of methoxy groups -OCH3 is 1. The molecule has 1 aromatic carbocycles. The third kappa shape index (κ3) is 3.36. The van der Waals surface area contributed by atoms with E-state index < -0.39 is 0 Å². The highest BCUT2D eigenvalue weighted by Crippen LogP contribution is 2.28. The normalized spacial score (nSPS) is 9.74. The van der Waals surface area contributed by atoms with Gasteiger partial charge in [-0.05, 0) is 24.3 Å². The molecule has 0 aliphatic carbocycles. The molecule has 0 N–H and O–H groups in total. The lowest BCUT2D eigenvalue weighted by atomic mass is 10.2. The van der Waals surface area contributed by atoms with E-state index in [-0.39, 0.29) is 6.61 Å². The topological polar surface area (TPSA) is 55.1 Å².